The summed E-state index contributed by atoms with van der Waals surface area (Å²) in [5, 5.41) is 11.4. The molecule has 1 aromatic carbocycles. The number of carboxylic acids is 1. The zero-order valence-corrected chi connectivity index (χ0v) is 16.9. The molecule has 0 spiro atoms. The third kappa shape index (κ3) is 6.64. The van der Waals surface area contributed by atoms with Crippen molar-refractivity contribution in [2.75, 3.05) is 11.9 Å². The van der Waals surface area contributed by atoms with Gasteiger partial charge in [-0.15, -0.1) is 0 Å². The molecule has 1 rings (SSSR count). The average Bonchev–Trinajstić information content (AvgIpc) is 2.48. The Labute approximate surface area is 153 Å². The molecule has 0 radical (unpaired) electrons. The van der Waals surface area contributed by atoms with Crippen molar-refractivity contribution in [1.29, 1.82) is 0 Å². The second-order valence-corrected chi connectivity index (χ2v) is 12.7. The topological polar surface area (TPSA) is 58.6 Å². The fourth-order valence-electron chi connectivity index (χ4n) is 2.09. The minimum Gasteiger partial charge on any atom is -0.478 e. The summed E-state index contributed by atoms with van der Waals surface area (Å²) in [6.07, 6.45) is -4.31. The van der Waals surface area contributed by atoms with Crippen molar-refractivity contribution in [2.24, 2.45) is 0 Å². The number of carbonyl (C=O) groups is 1. The highest BCUT2D eigenvalue weighted by molar-refractivity contribution is 6.74. The van der Waals surface area contributed by atoms with Crippen LogP contribution >= 0.6 is 0 Å². The van der Waals surface area contributed by atoms with Crippen LogP contribution in [0.2, 0.25) is 18.1 Å². The lowest BCUT2D eigenvalue weighted by atomic mass is 10.1. The van der Waals surface area contributed by atoms with Gasteiger partial charge >= 0.3 is 12.1 Å². The highest BCUT2D eigenvalue weighted by atomic mass is 28.4. The van der Waals surface area contributed by atoms with E-state index < -0.39 is 26.5 Å². The molecule has 0 saturated heterocycles. The molecule has 148 valence electrons. The summed E-state index contributed by atoms with van der Waals surface area (Å²) in [5.74, 6) is -1.18. The van der Waals surface area contributed by atoms with Gasteiger partial charge in [-0.2, -0.15) is 13.2 Å². The van der Waals surface area contributed by atoms with Gasteiger partial charge in [0.2, 0.25) is 0 Å². The van der Waals surface area contributed by atoms with Gasteiger partial charge in [0.05, 0.1) is 5.56 Å². The molecule has 0 aliphatic carbocycles. The maximum Gasteiger partial charge on any atom is 0.408 e. The summed E-state index contributed by atoms with van der Waals surface area (Å²) in [4.78, 5) is 11.0. The molecule has 0 amide bonds. The lowest BCUT2D eigenvalue weighted by molar-refractivity contribution is -0.144. The second-order valence-electron chi connectivity index (χ2n) is 7.88. The van der Waals surface area contributed by atoms with Crippen molar-refractivity contribution in [2.45, 2.75) is 64.0 Å². The summed E-state index contributed by atoms with van der Waals surface area (Å²) in [7, 11) is -1.98. The van der Waals surface area contributed by atoms with Crippen LogP contribution in [0, 0.1) is 0 Å². The number of aromatic carboxylic acids is 1. The van der Waals surface area contributed by atoms with Crippen molar-refractivity contribution in [3.8, 4) is 0 Å². The van der Waals surface area contributed by atoms with E-state index in [1.54, 1.807) is 0 Å². The van der Waals surface area contributed by atoms with E-state index in [0.717, 1.165) is 0 Å². The SMILES string of the molecule is CC(C)(C)[Si](C)(C)OCCCC(Nc1cccc(C(=O)O)c1)C(F)(F)F. The lowest BCUT2D eigenvalue weighted by Gasteiger charge is -2.36. The van der Waals surface area contributed by atoms with E-state index in [0.29, 0.717) is 0 Å². The predicted molar refractivity (Wildman–Crippen MR) is 99.3 cm³/mol. The van der Waals surface area contributed by atoms with Crippen molar-refractivity contribution in [3.63, 3.8) is 0 Å². The Kier molecular flexibility index (Phi) is 7.30. The maximum absolute atomic E-state index is 13.3. The van der Waals surface area contributed by atoms with Crippen LogP contribution in [-0.4, -0.2) is 38.2 Å². The molecule has 0 aromatic heterocycles. The number of anilines is 1. The monoisotopic (exact) mass is 391 g/mol. The molecule has 0 saturated carbocycles. The van der Waals surface area contributed by atoms with Crippen molar-refractivity contribution < 1.29 is 27.5 Å². The minimum absolute atomic E-state index is 0.00590. The van der Waals surface area contributed by atoms with Gasteiger partial charge in [0.1, 0.15) is 6.04 Å². The van der Waals surface area contributed by atoms with Crippen LogP contribution in [0.4, 0.5) is 18.9 Å². The highest BCUT2D eigenvalue weighted by Gasteiger charge is 2.40. The summed E-state index contributed by atoms with van der Waals surface area (Å²) in [6.45, 7) is 10.6. The molecule has 1 unspecified atom stereocenters. The zero-order chi connectivity index (χ0) is 20.2. The number of halogens is 3. The number of hydrogen-bond acceptors (Lipinski definition) is 3. The molecular weight excluding hydrogens is 363 g/mol. The summed E-state index contributed by atoms with van der Waals surface area (Å²) in [6, 6.07) is 3.63. The molecule has 0 heterocycles. The molecule has 8 heteroatoms. The van der Waals surface area contributed by atoms with E-state index >= 15 is 0 Å². The average molecular weight is 392 g/mol. The van der Waals surface area contributed by atoms with Crippen LogP contribution in [0.3, 0.4) is 0 Å². The summed E-state index contributed by atoms with van der Waals surface area (Å²) in [5.41, 5.74) is 0.0784. The zero-order valence-electron chi connectivity index (χ0n) is 15.9. The second kappa shape index (κ2) is 8.43. The maximum atomic E-state index is 13.3. The van der Waals surface area contributed by atoms with Gasteiger partial charge in [-0.25, -0.2) is 4.79 Å². The Balaban J connectivity index is 2.69. The van der Waals surface area contributed by atoms with Gasteiger partial charge in [-0.3, -0.25) is 0 Å². The third-order valence-corrected chi connectivity index (χ3v) is 9.29. The predicted octanol–water partition coefficient (Wildman–Crippen LogP) is 5.53. The van der Waals surface area contributed by atoms with Gasteiger partial charge in [-0.05, 0) is 49.2 Å². The van der Waals surface area contributed by atoms with Crippen LogP contribution < -0.4 is 5.32 Å². The molecule has 0 aliphatic heterocycles. The lowest BCUT2D eigenvalue weighted by Crippen LogP contribution is -2.41. The first-order valence-corrected chi connectivity index (χ1v) is 11.5. The normalized spacial score (nSPS) is 14.2. The third-order valence-electron chi connectivity index (χ3n) is 4.75. The van der Waals surface area contributed by atoms with Gasteiger partial charge in [0.15, 0.2) is 8.32 Å². The molecule has 0 fully saturated rings. The van der Waals surface area contributed by atoms with Gasteiger partial charge < -0.3 is 14.8 Å². The van der Waals surface area contributed by atoms with E-state index in [-0.39, 0.29) is 35.7 Å². The standard InChI is InChI=1S/C18H28F3NO3Si/c1-17(2,3)26(4,5)25-11-7-10-15(18(19,20)21)22-14-9-6-8-13(12-14)16(23)24/h6,8-9,12,15,22H,7,10-11H2,1-5H3,(H,23,24). The van der Waals surface area contributed by atoms with E-state index in [9.17, 15) is 18.0 Å². The van der Waals surface area contributed by atoms with Crippen LogP contribution in [0.25, 0.3) is 0 Å². The molecule has 2 N–H and O–H groups in total. The fraction of sp³-hybridized carbons (Fsp3) is 0.611. The molecule has 0 bridgehead atoms. The number of benzene rings is 1. The smallest absolute Gasteiger partial charge is 0.408 e. The Hall–Kier alpha value is -1.54. The van der Waals surface area contributed by atoms with Crippen LogP contribution in [-0.2, 0) is 4.43 Å². The summed E-state index contributed by atoms with van der Waals surface area (Å²) < 4.78 is 45.8. The van der Waals surface area contributed by atoms with Crippen molar-refractivity contribution in [1.82, 2.24) is 0 Å². The van der Waals surface area contributed by atoms with Crippen molar-refractivity contribution >= 4 is 20.0 Å². The molecule has 4 nitrogen and oxygen atoms in total. The minimum atomic E-state index is -4.43. The first kappa shape index (κ1) is 22.5. The summed E-state index contributed by atoms with van der Waals surface area (Å²) >= 11 is 0. The molecule has 1 aromatic rings. The molecule has 26 heavy (non-hydrogen) atoms. The largest absolute Gasteiger partial charge is 0.478 e. The van der Waals surface area contributed by atoms with E-state index in [1.807, 2.05) is 0 Å². The number of alkyl halides is 3. The number of hydrogen-bond donors (Lipinski definition) is 2. The number of carboxylic acid groups (broad SMARTS) is 1. The number of rotatable bonds is 8. The highest BCUT2D eigenvalue weighted by Crippen LogP contribution is 2.36. The van der Waals surface area contributed by atoms with Crippen molar-refractivity contribution in [3.05, 3.63) is 29.8 Å². The van der Waals surface area contributed by atoms with Crippen LogP contribution in [0.5, 0.6) is 0 Å². The van der Waals surface area contributed by atoms with Crippen LogP contribution in [0.1, 0.15) is 44.0 Å². The number of nitrogens with one attached hydrogen (secondary N) is 1. The van der Waals surface area contributed by atoms with E-state index in [4.69, 9.17) is 9.53 Å². The Morgan fingerprint density at radius 1 is 1.27 bits per heavy atom. The van der Waals surface area contributed by atoms with E-state index in [1.165, 1.54) is 24.3 Å². The van der Waals surface area contributed by atoms with Crippen LogP contribution in [0.15, 0.2) is 24.3 Å². The van der Waals surface area contributed by atoms with Gasteiger partial charge in [-0.1, -0.05) is 26.8 Å². The fourth-order valence-corrected chi connectivity index (χ4v) is 3.18. The Bertz CT molecular complexity index is 612. The molecule has 1 atom stereocenters. The molecular formula is C18H28F3NO3Si. The van der Waals surface area contributed by atoms with Gasteiger partial charge in [0, 0.05) is 12.3 Å². The van der Waals surface area contributed by atoms with Gasteiger partial charge in [0.25, 0.3) is 0 Å². The quantitative estimate of drug-likeness (QED) is 0.452. The Morgan fingerprint density at radius 2 is 1.88 bits per heavy atom. The Morgan fingerprint density at radius 3 is 2.38 bits per heavy atom. The molecule has 0 aliphatic rings. The first-order valence-electron chi connectivity index (χ1n) is 8.54. The first-order chi connectivity index (χ1) is 11.7. The van der Waals surface area contributed by atoms with E-state index in [2.05, 4.69) is 39.2 Å².